The molecule has 0 saturated carbocycles. The van der Waals surface area contributed by atoms with Gasteiger partial charge in [0.15, 0.2) is 0 Å². The molecule has 0 fully saturated rings. The molecule has 2 rings (SSSR count). The van der Waals surface area contributed by atoms with Gasteiger partial charge in [0.2, 0.25) is 0 Å². The van der Waals surface area contributed by atoms with Gasteiger partial charge in [-0.1, -0.05) is 0 Å². The summed E-state index contributed by atoms with van der Waals surface area (Å²) in [5, 5.41) is 0. The number of pyridine rings is 1. The third kappa shape index (κ3) is 2.79. The highest BCUT2D eigenvalue weighted by atomic mass is 35.5. The van der Waals surface area contributed by atoms with E-state index in [1.165, 1.54) is 6.07 Å². The Labute approximate surface area is 103 Å². The molecule has 7 heteroatoms. The van der Waals surface area contributed by atoms with E-state index >= 15 is 0 Å². The summed E-state index contributed by atoms with van der Waals surface area (Å²) in [6, 6.07) is 6.60. The van der Waals surface area contributed by atoms with Gasteiger partial charge in [0, 0.05) is 17.3 Å². The second-order valence-electron chi connectivity index (χ2n) is 2.83. The van der Waals surface area contributed by atoms with Gasteiger partial charge in [-0.3, -0.25) is 9.54 Å². The molecule has 0 aliphatic rings. The minimum Gasteiger partial charge on any atom is -0.281 e. The monoisotopic (exact) mass is 277 g/mol. The fourth-order valence-electron chi connectivity index (χ4n) is 1.13. The molecule has 0 bridgehead atoms. The van der Waals surface area contributed by atoms with Gasteiger partial charge in [-0.05, 0) is 29.8 Å². The lowest BCUT2D eigenvalue weighted by Crippen LogP contribution is -1.92. The molecule has 0 aromatic carbocycles. The first-order valence-corrected chi connectivity index (χ1v) is 6.31. The highest BCUT2D eigenvalue weighted by Gasteiger charge is 2.13. The lowest BCUT2D eigenvalue weighted by atomic mass is 10.2. The van der Waals surface area contributed by atoms with Gasteiger partial charge in [0.25, 0.3) is 0 Å². The lowest BCUT2D eigenvalue weighted by molar-refractivity contribution is 0.485. The molecule has 0 saturated heterocycles. The summed E-state index contributed by atoms with van der Waals surface area (Å²) in [6.07, 6.45) is 3.25. The molecule has 2 aromatic rings. The second-order valence-corrected chi connectivity index (χ2v) is 5.56. The van der Waals surface area contributed by atoms with Crippen LogP contribution < -0.4 is 0 Å². The van der Waals surface area contributed by atoms with Crippen LogP contribution in [0.2, 0.25) is 0 Å². The van der Waals surface area contributed by atoms with E-state index in [1.807, 2.05) is 0 Å². The number of rotatable bonds is 2. The fourth-order valence-corrected chi connectivity index (χ4v) is 2.80. The molecule has 0 radical (unpaired) electrons. The van der Waals surface area contributed by atoms with Gasteiger partial charge in [0.05, 0.1) is 0 Å². The zero-order chi connectivity index (χ0) is 10.9. The average molecular weight is 278 g/mol. The van der Waals surface area contributed by atoms with E-state index in [2.05, 4.69) is 4.98 Å². The second kappa shape index (κ2) is 4.92. The van der Waals surface area contributed by atoms with Gasteiger partial charge in [-0.2, -0.15) is 8.42 Å². The van der Waals surface area contributed by atoms with Crippen molar-refractivity contribution in [3.63, 3.8) is 0 Å². The molecule has 0 atom stereocenters. The molecule has 2 aromatic heterocycles. The van der Waals surface area contributed by atoms with Crippen molar-refractivity contribution in [3.05, 3.63) is 36.7 Å². The van der Waals surface area contributed by atoms with E-state index in [9.17, 15) is 8.42 Å². The van der Waals surface area contributed by atoms with E-state index in [0.29, 0.717) is 0 Å². The third-order valence-corrected chi connectivity index (χ3v) is 4.26. The SMILES string of the molecule is Cl.O=S(=O)(O)c1ccc(-c2ccncc2)s1. The largest absolute Gasteiger partial charge is 0.304 e. The highest BCUT2D eigenvalue weighted by Crippen LogP contribution is 2.29. The van der Waals surface area contributed by atoms with Crippen LogP contribution in [0.3, 0.4) is 0 Å². The van der Waals surface area contributed by atoms with Crippen LogP contribution >= 0.6 is 23.7 Å². The average Bonchev–Trinajstić information content (AvgIpc) is 2.67. The topological polar surface area (TPSA) is 67.3 Å². The van der Waals surface area contributed by atoms with Crippen molar-refractivity contribution in [2.45, 2.75) is 4.21 Å². The maximum absolute atomic E-state index is 10.8. The van der Waals surface area contributed by atoms with Crippen molar-refractivity contribution >= 4 is 33.9 Å². The van der Waals surface area contributed by atoms with Gasteiger partial charge >= 0.3 is 10.1 Å². The Morgan fingerprint density at radius 3 is 2.25 bits per heavy atom. The first-order chi connectivity index (χ1) is 7.07. The Hall–Kier alpha value is -0.950. The van der Waals surface area contributed by atoms with Crippen LogP contribution in [0.15, 0.2) is 40.9 Å². The maximum Gasteiger partial charge on any atom is 0.304 e. The lowest BCUT2D eigenvalue weighted by Gasteiger charge is -1.94. The third-order valence-electron chi connectivity index (χ3n) is 1.80. The Balaban J connectivity index is 0.00000128. The Bertz CT molecular complexity index is 565. The first kappa shape index (κ1) is 13.1. The van der Waals surface area contributed by atoms with Gasteiger partial charge in [-0.25, -0.2) is 0 Å². The normalized spacial score (nSPS) is 10.8. The number of thiophene rings is 1. The van der Waals surface area contributed by atoms with Crippen molar-refractivity contribution in [2.24, 2.45) is 0 Å². The van der Waals surface area contributed by atoms with Gasteiger partial charge < -0.3 is 0 Å². The molecule has 0 aliphatic carbocycles. The summed E-state index contributed by atoms with van der Waals surface area (Å²) in [5.41, 5.74) is 0.880. The predicted molar refractivity (Wildman–Crippen MR) is 64.6 cm³/mol. The van der Waals surface area contributed by atoms with E-state index in [-0.39, 0.29) is 16.6 Å². The molecular formula is C9H8ClNO3S2. The molecule has 2 heterocycles. The molecule has 0 aliphatic heterocycles. The standard InChI is InChI=1S/C9H7NO3S2.ClH/c11-15(12,13)9-2-1-8(14-9)7-3-5-10-6-4-7;/h1-6H,(H,11,12,13);1H. The van der Waals surface area contributed by atoms with E-state index < -0.39 is 10.1 Å². The summed E-state index contributed by atoms with van der Waals surface area (Å²) in [4.78, 5) is 4.65. The molecule has 0 unspecified atom stereocenters. The zero-order valence-corrected chi connectivity index (χ0v) is 10.3. The fraction of sp³-hybridized carbons (Fsp3) is 0. The van der Waals surface area contributed by atoms with E-state index in [1.54, 1.807) is 30.6 Å². The number of nitrogens with zero attached hydrogens (tertiary/aromatic N) is 1. The molecule has 86 valence electrons. The minimum absolute atomic E-state index is 0. The van der Waals surface area contributed by atoms with Crippen molar-refractivity contribution in [1.29, 1.82) is 0 Å². The molecule has 0 spiro atoms. The van der Waals surface area contributed by atoms with Crippen molar-refractivity contribution in [1.82, 2.24) is 4.98 Å². The summed E-state index contributed by atoms with van der Waals surface area (Å²) < 4.78 is 30.4. The van der Waals surface area contributed by atoms with Crippen LogP contribution in [0.4, 0.5) is 0 Å². The highest BCUT2D eigenvalue weighted by molar-refractivity contribution is 7.88. The van der Waals surface area contributed by atoms with Crippen LogP contribution in [0.25, 0.3) is 10.4 Å². The zero-order valence-electron chi connectivity index (χ0n) is 7.90. The first-order valence-electron chi connectivity index (χ1n) is 4.05. The van der Waals surface area contributed by atoms with Gasteiger partial charge in [-0.15, -0.1) is 23.7 Å². The molecule has 0 amide bonds. The Morgan fingerprint density at radius 2 is 1.75 bits per heavy atom. The molecule has 16 heavy (non-hydrogen) atoms. The number of hydrogen-bond acceptors (Lipinski definition) is 4. The molecule has 1 N–H and O–H groups in total. The Morgan fingerprint density at radius 1 is 1.12 bits per heavy atom. The summed E-state index contributed by atoms with van der Waals surface area (Å²) in [6.45, 7) is 0. The minimum atomic E-state index is -4.09. The smallest absolute Gasteiger partial charge is 0.281 e. The molecular weight excluding hydrogens is 270 g/mol. The van der Waals surface area contributed by atoms with Crippen molar-refractivity contribution in [3.8, 4) is 10.4 Å². The van der Waals surface area contributed by atoms with Gasteiger partial charge in [0.1, 0.15) is 4.21 Å². The number of aromatic nitrogens is 1. The van der Waals surface area contributed by atoms with Crippen molar-refractivity contribution < 1.29 is 13.0 Å². The van der Waals surface area contributed by atoms with Crippen LogP contribution in [0.1, 0.15) is 0 Å². The summed E-state index contributed by atoms with van der Waals surface area (Å²) in [5.74, 6) is 0. The predicted octanol–water partition coefficient (Wildman–Crippen LogP) is 2.48. The van der Waals surface area contributed by atoms with Crippen LogP contribution in [0.5, 0.6) is 0 Å². The summed E-state index contributed by atoms with van der Waals surface area (Å²) >= 11 is 1.03. The van der Waals surface area contributed by atoms with Crippen LogP contribution in [-0.2, 0) is 10.1 Å². The maximum atomic E-state index is 10.8. The van der Waals surface area contributed by atoms with Crippen LogP contribution in [0, 0.1) is 0 Å². The summed E-state index contributed by atoms with van der Waals surface area (Å²) in [7, 11) is -4.09. The van der Waals surface area contributed by atoms with Crippen molar-refractivity contribution in [2.75, 3.05) is 0 Å². The van der Waals surface area contributed by atoms with E-state index in [4.69, 9.17) is 4.55 Å². The quantitative estimate of drug-likeness (QED) is 0.857. The Kier molecular flexibility index (Phi) is 4.03. The molecule has 4 nitrogen and oxygen atoms in total. The number of hydrogen-bond donors (Lipinski definition) is 1. The van der Waals surface area contributed by atoms with Crippen LogP contribution in [-0.4, -0.2) is 18.0 Å². The van der Waals surface area contributed by atoms with E-state index in [0.717, 1.165) is 21.8 Å². The number of halogens is 1.